The highest BCUT2D eigenvalue weighted by Gasteiger charge is 2.43. The number of aliphatic carboxylic acids is 2. The summed E-state index contributed by atoms with van der Waals surface area (Å²) in [7, 11) is 0. The third-order valence-electron chi connectivity index (χ3n) is 1.89. The molecule has 0 aliphatic heterocycles. The number of hydrogen-bond acceptors (Lipinski definition) is 3. The van der Waals surface area contributed by atoms with Gasteiger partial charge in [-0.15, -0.1) is 6.58 Å². The van der Waals surface area contributed by atoms with Crippen LogP contribution in [0.5, 0.6) is 0 Å². The number of aliphatic hydroxyl groups is 1. The Bertz CT molecular complexity index is 235. The van der Waals surface area contributed by atoms with Crippen molar-refractivity contribution in [3.63, 3.8) is 0 Å². The van der Waals surface area contributed by atoms with Crippen molar-refractivity contribution in [2.24, 2.45) is 5.41 Å². The summed E-state index contributed by atoms with van der Waals surface area (Å²) in [5.74, 6) is -2.91. The Morgan fingerprint density at radius 1 is 1.54 bits per heavy atom. The number of hydrogen-bond donors (Lipinski definition) is 3. The highest BCUT2D eigenvalue weighted by atomic mass is 16.4. The normalized spacial score (nSPS) is 17.1. The van der Waals surface area contributed by atoms with Crippen LogP contribution in [0.15, 0.2) is 12.7 Å². The summed E-state index contributed by atoms with van der Waals surface area (Å²) >= 11 is 0. The summed E-state index contributed by atoms with van der Waals surface area (Å²) in [6.07, 6.45) is -0.765. The van der Waals surface area contributed by atoms with E-state index >= 15 is 0 Å². The number of allylic oxidation sites excluding steroid dienone is 1. The topological polar surface area (TPSA) is 94.8 Å². The summed E-state index contributed by atoms with van der Waals surface area (Å²) in [5.41, 5.74) is -1.71. The Morgan fingerprint density at radius 3 is 2.23 bits per heavy atom. The molecule has 3 N–H and O–H groups in total. The van der Waals surface area contributed by atoms with Gasteiger partial charge in [0.05, 0.1) is 0 Å². The van der Waals surface area contributed by atoms with Crippen LogP contribution in [0, 0.1) is 5.41 Å². The molecule has 0 fully saturated rings. The molecule has 0 amide bonds. The summed E-state index contributed by atoms with van der Waals surface area (Å²) in [5, 5.41) is 26.3. The lowest BCUT2D eigenvalue weighted by Crippen LogP contribution is -2.44. The second-order valence-corrected chi connectivity index (χ2v) is 2.96. The van der Waals surface area contributed by atoms with Crippen LogP contribution >= 0.6 is 0 Å². The molecule has 1 unspecified atom stereocenters. The molecular formula is C8H12O5. The van der Waals surface area contributed by atoms with Crippen molar-refractivity contribution in [3.05, 3.63) is 12.7 Å². The van der Waals surface area contributed by atoms with Gasteiger partial charge in [0.2, 0.25) is 0 Å². The van der Waals surface area contributed by atoms with Gasteiger partial charge in [-0.3, -0.25) is 4.79 Å². The maximum atomic E-state index is 10.7. The smallest absolute Gasteiger partial charge is 0.333 e. The van der Waals surface area contributed by atoms with Crippen molar-refractivity contribution in [1.29, 1.82) is 0 Å². The molecule has 74 valence electrons. The van der Waals surface area contributed by atoms with Crippen molar-refractivity contribution in [2.45, 2.75) is 19.4 Å². The Labute approximate surface area is 75.3 Å². The molecule has 0 bridgehead atoms. The van der Waals surface area contributed by atoms with E-state index in [1.807, 2.05) is 0 Å². The highest BCUT2D eigenvalue weighted by Crippen LogP contribution is 2.27. The molecule has 0 saturated carbocycles. The second-order valence-electron chi connectivity index (χ2n) is 2.96. The first kappa shape index (κ1) is 11.6. The minimum absolute atomic E-state index is 0.101. The molecule has 0 aliphatic carbocycles. The van der Waals surface area contributed by atoms with Crippen molar-refractivity contribution >= 4 is 11.9 Å². The summed E-state index contributed by atoms with van der Waals surface area (Å²) in [4.78, 5) is 21.1. The van der Waals surface area contributed by atoms with Crippen LogP contribution in [0.2, 0.25) is 0 Å². The zero-order valence-electron chi connectivity index (χ0n) is 7.23. The first-order valence-electron chi connectivity index (χ1n) is 3.61. The largest absolute Gasteiger partial charge is 0.481 e. The lowest BCUT2D eigenvalue weighted by molar-refractivity contribution is -0.168. The van der Waals surface area contributed by atoms with Crippen molar-refractivity contribution in [1.82, 2.24) is 0 Å². The quantitative estimate of drug-likeness (QED) is 0.532. The molecule has 0 aromatic carbocycles. The average Bonchev–Trinajstić information content (AvgIpc) is 2.02. The molecule has 2 atom stereocenters. The lowest BCUT2D eigenvalue weighted by Gasteiger charge is -2.25. The van der Waals surface area contributed by atoms with Gasteiger partial charge in [0.1, 0.15) is 5.41 Å². The molecule has 0 heterocycles. The van der Waals surface area contributed by atoms with E-state index in [0.29, 0.717) is 0 Å². The van der Waals surface area contributed by atoms with E-state index < -0.39 is 23.5 Å². The molecule has 0 saturated heterocycles. The second kappa shape index (κ2) is 4.04. The Hall–Kier alpha value is -1.36. The molecule has 0 radical (unpaired) electrons. The predicted molar refractivity (Wildman–Crippen MR) is 44.2 cm³/mol. The van der Waals surface area contributed by atoms with E-state index in [-0.39, 0.29) is 6.42 Å². The van der Waals surface area contributed by atoms with Crippen molar-refractivity contribution < 1.29 is 24.9 Å². The molecule has 0 spiro atoms. The van der Waals surface area contributed by atoms with Crippen molar-refractivity contribution in [3.8, 4) is 0 Å². The average molecular weight is 188 g/mol. The predicted octanol–water partition coefficient (Wildman–Crippen LogP) is 0.0989. The lowest BCUT2D eigenvalue weighted by atomic mass is 9.81. The fraction of sp³-hybridized carbons (Fsp3) is 0.500. The highest BCUT2D eigenvalue weighted by molar-refractivity contribution is 5.84. The molecule has 5 nitrogen and oxygen atoms in total. The molecule has 0 rings (SSSR count). The van der Waals surface area contributed by atoms with Crippen LogP contribution in [-0.2, 0) is 9.59 Å². The van der Waals surface area contributed by atoms with E-state index in [4.69, 9.17) is 15.3 Å². The fourth-order valence-corrected chi connectivity index (χ4v) is 0.888. The standard InChI is InChI=1S/C8H12O5/c1-3-4-8(2,7(12)13)5(9)6(10)11/h3,5,9H,1,4H2,2H3,(H,10,11)(H,12,13)/t5-,8?/m1/s1. The van der Waals surface area contributed by atoms with Crippen LogP contribution in [-0.4, -0.2) is 33.4 Å². The molecule has 5 heteroatoms. The number of carboxylic acids is 2. The minimum atomic E-state index is -1.93. The van der Waals surface area contributed by atoms with Gasteiger partial charge in [0, 0.05) is 0 Å². The van der Waals surface area contributed by atoms with Gasteiger partial charge in [-0.05, 0) is 13.3 Å². The van der Waals surface area contributed by atoms with Gasteiger partial charge in [0.15, 0.2) is 6.10 Å². The SMILES string of the molecule is C=CCC(C)(C(=O)O)[C@H](O)C(=O)O. The number of carboxylic acid groups (broad SMARTS) is 2. The van der Waals surface area contributed by atoms with Gasteiger partial charge < -0.3 is 15.3 Å². The van der Waals surface area contributed by atoms with Crippen LogP contribution < -0.4 is 0 Å². The third kappa shape index (κ3) is 2.29. The van der Waals surface area contributed by atoms with E-state index in [1.54, 1.807) is 0 Å². The Morgan fingerprint density at radius 2 is 2.00 bits per heavy atom. The van der Waals surface area contributed by atoms with E-state index in [9.17, 15) is 9.59 Å². The van der Waals surface area contributed by atoms with Crippen LogP contribution in [0.1, 0.15) is 13.3 Å². The number of carbonyl (C=O) groups is 2. The Kier molecular flexibility index (Phi) is 3.62. The van der Waals surface area contributed by atoms with Crippen molar-refractivity contribution in [2.75, 3.05) is 0 Å². The summed E-state index contributed by atoms with van der Waals surface area (Å²) in [6.45, 7) is 4.46. The van der Waals surface area contributed by atoms with Gasteiger partial charge in [-0.25, -0.2) is 4.79 Å². The van der Waals surface area contributed by atoms with Crippen LogP contribution in [0.3, 0.4) is 0 Å². The first-order chi connectivity index (χ1) is 5.86. The summed E-state index contributed by atoms with van der Waals surface area (Å²) in [6, 6.07) is 0. The van der Waals surface area contributed by atoms with Gasteiger partial charge in [-0.2, -0.15) is 0 Å². The molecule has 0 aromatic heterocycles. The Balaban J connectivity index is 4.87. The van der Waals surface area contributed by atoms with Crippen LogP contribution in [0.4, 0.5) is 0 Å². The maximum absolute atomic E-state index is 10.7. The molecule has 0 aliphatic rings. The molecule has 0 aromatic rings. The number of rotatable bonds is 5. The minimum Gasteiger partial charge on any atom is -0.481 e. The first-order valence-corrected chi connectivity index (χ1v) is 3.61. The number of aliphatic hydroxyl groups excluding tert-OH is 1. The van der Waals surface area contributed by atoms with E-state index in [1.165, 1.54) is 6.08 Å². The van der Waals surface area contributed by atoms with Gasteiger partial charge >= 0.3 is 11.9 Å². The molecular weight excluding hydrogens is 176 g/mol. The van der Waals surface area contributed by atoms with Gasteiger partial charge in [-0.1, -0.05) is 6.08 Å². The summed E-state index contributed by atoms with van der Waals surface area (Å²) < 4.78 is 0. The monoisotopic (exact) mass is 188 g/mol. The zero-order valence-corrected chi connectivity index (χ0v) is 7.23. The van der Waals surface area contributed by atoms with E-state index in [2.05, 4.69) is 6.58 Å². The fourth-order valence-electron chi connectivity index (χ4n) is 0.888. The zero-order chi connectivity index (χ0) is 10.6. The van der Waals surface area contributed by atoms with Gasteiger partial charge in [0.25, 0.3) is 0 Å². The van der Waals surface area contributed by atoms with Crippen LogP contribution in [0.25, 0.3) is 0 Å². The third-order valence-corrected chi connectivity index (χ3v) is 1.89. The maximum Gasteiger partial charge on any atom is 0.333 e. The molecule has 13 heavy (non-hydrogen) atoms. The van der Waals surface area contributed by atoms with E-state index in [0.717, 1.165) is 6.92 Å².